The largest absolute Gasteiger partial charge is 0.393 e. The molecule has 0 radical (unpaired) electrons. The molecular weight excluding hydrogens is 334 g/mol. The molecule has 2 fully saturated rings. The zero-order chi connectivity index (χ0) is 17.2. The third-order valence-corrected chi connectivity index (χ3v) is 6.60. The van der Waals surface area contributed by atoms with Crippen molar-refractivity contribution in [3.63, 3.8) is 0 Å². The van der Waals surface area contributed by atoms with E-state index >= 15 is 0 Å². The Hall–Kier alpha value is -1.40. The van der Waals surface area contributed by atoms with Gasteiger partial charge in [-0.05, 0) is 56.6 Å². The Balaban J connectivity index is 1.39. The highest BCUT2D eigenvalue weighted by Gasteiger charge is 2.29. The summed E-state index contributed by atoms with van der Waals surface area (Å²) in [4.78, 5) is 21.7. The van der Waals surface area contributed by atoms with Gasteiger partial charge >= 0.3 is 0 Å². The fraction of sp³-hybridized carbons (Fsp3) is 0.632. The first-order valence-electron chi connectivity index (χ1n) is 9.30. The lowest BCUT2D eigenvalue weighted by Gasteiger charge is -2.27. The van der Waals surface area contributed by atoms with E-state index in [1.807, 2.05) is 30.0 Å². The zero-order valence-electron chi connectivity index (χ0n) is 14.4. The van der Waals surface area contributed by atoms with Gasteiger partial charge in [-0.1, -0.05) is 6.08 Å². The molecule has 0 aromatic carbocycles. The smallest absolute Gasteiger partial charge is 0.238 e. The van der Waals surface area contributed by atoms with Crippen LogP contribution in [0.15, 0.2) is 33.9 Å². The third-order valence-electron chi connectivity index (χ3n) is 5.22. The topological polar surface area (TPSA) is 74.0 Å². The van der Waals surface area contributed by atoms with Crippen LogP contribution in [-0.2, 0) is 4.79 Å². The zero-order valence-corrected chi connectivity index (χ0v) is 15.2. The summed E-state index contributed by atoms with van der Waals surface area (Å²) in [5.41, 5.74) is 1.75. The summed E-state index contributed by atoms with van der Waals surface area (Å²) >= 11 is 1.84. The van der Waals surface area contributed by atoms with Crippen LogP contribution in [0, 0.1) is 11.8 Å². The van der Waals surface area contributed by atoms with Crippen LogP contribution >= 0.6 is 11.8 Å². The Morgan fingerprint density at radius 2 is 2.04 bits per heavy atom. The molecule has 25 heavy (non-hydrogen) atoms. The molecule has 4 rings (SSSR count). The molecule has 2 N–H and O–H groups in total. The van der Waals surface area contributed by atoms with E-state index in [1.165, 1.54) is 12.8 Å². The molecule has 4 aliphatic rings. The fourth-order valence-corrected chi connectivity index (χ4v) is 4.56. The predicted octanol–water partition coefficient (Wildman–Crippen LogP) is 2.47. The minimum absolute atomic E-state index is 0.00779. The summed E-state index contributed by atoms with van der Waals surface area (Å²) in [6.45, 7) is 0.889. The van der Waals surface area contributed by atoms with Gasteiger partial charge in [0.2, 0.25) is 5.91 Å². The van der Waals surface area contributed by atoms with Gasteiger partial charge in [0.15, 0.2) is 0 Å². The number of allylic oxidation sites excluding steroid dienone is 2. The highest BCUT2D eigenvalue weighted by atomic mass is 32.2. The average Bonchev–Trinajstić information content (AvgIpc) is 3.44. The number of thioether (sulfide) groups is 1. The van der Waals surface area contributed by atoms with Crippen molar-refractivity contribution in [2.75, 3.05) is 12.3 Å². The number of rotatable bonds is 5. The number of hydrogen-bond acceptors (Lipinski definition) is 5. The first-order chi connectivity index (χ1) is 12.2. The molecule has 1 unspecified atom stereocenters. The van der Waals surface area contributed by atoms with Gasteiger partial charge in [0.05, 0.1) is 29.2 Å². The highest BCUT2D eigenvalue weighted by molar-refractivity contribution is 8.00. The lowest BCUT2D eigenvalue weighted by molar-refractivity contribution is -0.121. The van der Waals surface area contributed by atoms with Crippen LogP contribution in [0.1, 0.15) is 38.5 Å². The van der Waals surface area contributed by atoms with Crippen molar-refractivity contribution in [3.05, 3.63) is 23.9 Å². The Labute approximate surface area is 152 Å². The van der Waals surface area contributed by atoms with Crippen molar-refractivity contribution < 1.29 is 9.90 Å². The molecule has 1 amide bonds. The minimum Gasteiger partial charge on any atom is -0.393 e. The molecule has 3 aliphatic carbocycles. The molecule has 0 spiro atoms. The lowest BCUT2D eigenvalue weighted by atomic mass is 9.96. The number of aliphatic hydroxyl groups is 1. The molecule has 1 heterocycles. The van der Waals surface area contributed by atoms with Gasteiger partial charge in [-0.25, -0.2) is 4.99 Å². The predicted molar refractivity (Wildman–Crippen MR) is 102 cm³/mol. The van der Waals surface area contributed by atoms with E-state index in [1.54, 1.807) is 0 Å². The second kappa shape index (κ2) is 7.46. The number of carbonyl (C=O) groups excluding carboxylic acids is 1. The second-order valence-corrected chi connectivity index (χ2v) is 8.69. The van der Waals surface area contributed by atoms with Crippen LogP contribution in [-0.4, -0.2) is 46.2 Å². The summed E-state index contributed by atoms with van der Waals surface area (Å²) in [5.74, 6) is 1.96. The average molecular weight is 359 g/mol. The maximum absolute atomic E-state index is 12.3. The van der Waals surface area contributed by atoms with E-state index in [4.69, 9.17) is 4.99 Å². The lowest BCUT2D eigenvalue weighted by Crippen LogP contribution is -2.42. The Morgan fingerprint density at radius 3 is 2.80 bits per heavy atom. The molecular formula is C19H25N3O2S. The van der Waals surface area contributed by atoms with Gasteiger partial charge < -0.3 is 10.4 Å². The van der Waals surface area contributed by atoms with Crippen LogP contribution in [0.25, 0.3) is 0 Å². The van der Waals surface area contributed by atoms with Crippen molar-refractivity contribution >= 4 is 29.2 Å². The number of carbonyl (C=O) groups is 1. The molecule has 0 saturated heterocycles. The molecule has 1 aliphatic heterocycles. The quantitative estimate of drug-likeness (QED) is 0.792. The molecule has 0 bridgehead atoms. The first kappa shape index (κ1) is 17.0. The number of aliphatic imine (C=N–C) groups is 2. The van der Waals surface area contributed by atoms with E-state index < -0.39 is 0 Å². The van der Waals surface area contributed by atoms with E-state index in [0.717, 1.165) is 61.1 Å². The van der Waals surface area contributed by atoms with Gasteiger partial charge in [0.1, 0.15) is 5.84 Å². The molecule has 2 saturated carbocycles. The van der Waals surface area contributed by atoms with Crippen molar-refractivity contribution in [1.82, 2.24) is 5.32 Å². The normalized spacial score (nSPS) is 33.6. The van der Waals surface area contributed by atoms with Gasteiger partial charge in [-0.3, -0.25) is 9.79 Å². The van der Waals surface area contributed by atoms with E-state index in [0.29, 0.717) is 5.25 Å². The molecule has 0 aromatic heterocycles. The summed E-state index contributed by atoms with van der Waals surface area (Å²) < 4.78 is 0. The van der Waals surface area contributed by atoms with Crippen LogP contribution in [0.2, 0.25) is 0 Å². The Bertz CT molecular complexity index is 656. The highest BCUT2D eigenvalue weighted by Crippen LogP contribution is 2.31. The van der Waals surface area contributed by atoms with E-state index in [9.17, 15) is 9.90 Å². The molecule has 0 aromatic rings. The SMILES string of the molecule is O=C1NC(CSC2CCC(O)CC2)=NC2=CC(=NCC3CC3)C=CC12. The maximum atomic E-state index is 12.3. The third kappa shape index (κ3) is 4.42. The summed E-state index contributed by atoms with van der Waals surface area (Å²) in [6.07, 6.45) is 12.1. The van der Waals surface area contributed by atoms with Crippen LogP contribution < -0.4 is 5.32 Å². The van der Waals surface area contributed by atoms with Crippen molar-refractivity contribution in [2.24, 2.45) is 21.8 Å². The van der Waals surface area contributed by atoms with Crippen LogP contribution in [0.5, 0.6) is 0 Å². The molecule has 6 heteroatoms. The van der Waals surface area contributed by atoms with Gasteiger partial charge in [-0.15, -0.1) is 0 Å². The van der Waals surface area contributed by atoms with E-state index in [-0.39, 0.29) is 17.9 Å². The Morgan fingerprint density at radius 1 is 1.24 bits per heavy atom. The Kier molecular flexibility index (Phi) is 5.08. The summed E-state index contributed by atoms with van der Waals surface area (Å²) in [6, 6.07) is 0. The molecule has 5 nitrogen and oxygen atoms in total. The van der Waals surface area contributed by atoms with Crippen molar-refractivity contribution in [1.29, 1.82) is 0 Å². The standard InChI is InChI=1S/C19H25N3O2S/c23-14-4-6-15(7-5-14)25-11-18-21-17-9-13(20-10-12-1-2-12)3-8-16(17)19(24)22-18/h3,8-9,12,14-16,23H,1-2,4-7,10-11H2,(H,21,22,24). The van der Waals surface area contributed by atoms with Gasteiger partial charge in [0, 0.05) is 11.8 Å². The summed E-state index contributed by atoms with van der Waals surface area (Å²) in [7, 11) is 0. The summed E-state index contributed by atoms with van der Waals surface area (Å²) in [5, 5.41) is 13.1. The minimum atomic E-state index is -0.279. The first-order valence-corrected chi connectivity index (χ1v) is 10.3. The van der Waals surface area contributed by atoms with Crippen LogP contribution in [0.4, 0.5) is 0 Å². The van der Waals surface area contributed by atoms with E-state index in [2.05, 4.69) is 10.3 Å². The number of fused-ring (bicyclic) bond motifs is 1. The van der Waals surface area contributed by atoms with Gasteiger partial charge in [0.25, 0.3) is 0 Å². The van der Waals surface area contributed by atoms with Crippen molar-refractivity contribution in [2.45, 2.75) is 49.9 Å². The second-order valence-electron chi connectivity index (χ2n) is 7.40. The number of amidine groups is 1. The monoisotopic (exact) mass is 359 g/mol. The maximum Gasteiger partial charge on any atom is 0.238 e. The number of nitrogens with one attached hydrogen (secondary N) is 1. The van der Waals surface area contributed by atoms with Gasteiger partial charge in [-0.2, -0.15) is 11.8 Å². The van der Waals surface area contributed by atoms with Crippen molar-refractivity contribution in [3.8, 4) is 0 Å². The number of hydrogen-bond donors (Lipinski definition) is 2. The molecule has 134 valence electrons. The number of nitrogens with zero attached hydrogens (tertiary/aromatic N) is 2. The fourth-order valence-electron chi connectivity index (χ4n) is 3.42. The number of aliphatic hydroxyl groups excluding tert-OH is 1. The molecule has 1 atom stereocenters. The van der Waals surface area contributed by atoms with Crippen LogP contribution in [0.3, 0.4) is 0 Å². The number of amides is 1.